The van der Waals surface area contributed by atoms with Crippen LogP contribution in [0.5, 0.6) is 0 Å². The lowest BCUT2D eigenvalue weighted by Crippen LogP contribution is -2.02. The number of pyridine rings is 1. The van der Waals surface area contributed by atoms with Crippen LogP contribution in [0.4, 0.5) is 0 Å². The van der Waals surface area contributed by atoms with E-state index < -0.39 is 6.10 Å². The van der Waals surface area contributed by atoms with Crippen LogP contribution in [0.1, 0.15) is 27.1 Å². The number of aliphatic hydroxyl groups is 1. The number of nitrogens with zero attached hydrogens (tertiary/aromatic N) is 1. The first kappa shape index (κ1) is 10.3. The lowest BCUT2D eigenvalue weighted by molar-refractivity contribution is 0.218. The van der Waals surface area contributed by atoms with Crippen molar-refractivity contribution in [1.82, 2.24) is 4.98 Å². The summed E-state index contributed by atoms with van der Waals surface area (Å²) in [5.74, 6) is 0. The second kappa shape index (κ2) is 4.13. The second-order valence-electron chi connectivity index (χ2n) is 3.56. The molecule has 2 nitrogen and oxygen atoms in total. The van der Waals surface area contributed by atoms with Crippen molar-refractivity contribution < 1.29 is 5.11 Å². The summed E-state index contributed by atoms with van der Waals surface area (Å²) in [5.41, 5.74) is 1.77. The lowest BCUT2D eigenvalue weighted by atomic mass is 10.1. The van der Waals surface area contributed by atoms with E-state index in [1.54, 1.807) is 17.5 Å². The van der Waals surface area contributed by atoms with E-state index in [9.17, 15) is 5.11 Å². The van der Waals surface area contributed by atoms with Gasteiger partial charge in [-0.1, -0.05) is 6.07 Å². The third-order valence-electron chi connectivity index (χ3n) is 2.34. The molecule has 0 aromatic carbocycles. The zero-order valence-corrected chi connectivity index (χ0v) is 9.58. The van der Waals surface area contributed by atoms with E-state index in [2.05, 4.69) is 4.98 Å². The Kier molecular flexibility index (Phi) is 2.84. The van der Waals surface area contributed by atoms with Crippen LogP contribution in [-0.4, -0.2) is 10.1 Å². The molecule has 0 aliphatic rings. The average Bonchev–Trinajstić information content (AvgIpc) is 2.65. The summed E-state index contributed by atoms with van der Waals surface area (Å²) in [4.78, 5) is 6.38. The highest BCUT2D eigenvalue weighted by molar-refractivity contribution is 7.12. The predicted molar refractivity (Wildman–Crippen MR) is 62.1 cm³/mol. The highest BCUT2D eigenvalue weighted by Crippen LogP contribution is 2.28. The first-order chi connectivity index (χ1) is 7.18. The van der Waals surface area contributed by atoms with E-state index in [-0.39, 0.29) is 0 Å². The Labute approximate surface area is 93.2 Å². The largest absolute Gasteiger partial charge is 0.381 e. The van der Waals surface area contributed by atoms with Gasteiger partial charge >= 0.3 is 0 Å². The minimum absolute atomic E-state index is 0.593. The van der Waals surface area contributed by atoms with Crippen LogP contribution in [0.2, 0.25) is 0 Å². The van der Waals surface area contributed by atoms with Crippen molar-refractivity contribution in [3.63, 3.8) is 0 Å². The van der Waals surface area contributed by atoms with Crippen molar-refractivity contribution in [2.45, 2.75) is 20.0 Å². The van der Waals surface area contributed by atoms with Gasteiger partial charge < -0.3 is 5.11 Å². The van der Waals surface area contributed by atoms with Gasteiger partial charge in [0, 0.05) is 16.0 Å². The smallest absolute Gasteiger partial charge is 0.130 e. The maximum absolute atomic E-state index is 10.1. The SMILES string of the molecule is Cc1ccc(C(O)c2ncccc2C)s1. The zero-order valence-electron chi connectivity index (χ0n) is 8.77. The molecular weight excluding hydrogens is 206 g/mol. The number of rotatable bonds is 2. The molecule has 0 spiro atoms. The molecule has 0 aliphatic carbocycles. The Morgan fingerprint density at radius 3 is 2.67 bits per heavy atom. The van der Waals surface area contributed by atoms with Gasteiger partial charge in [-0.3, -0.25) is 4.98 Å². The fraction of sp³-hybridized carbons (Fsp3) is 0.250. The van der Waals surface area contributed by atoms with Gasteiger partial charge in [-0.15, -0.1) is 11.3 Å². The third-order valence-corrected chi connectivity index (χ3v) is 3.39. The van der Waals surface area contributed by atoms with Gasteiger partial charge in [-0.25, -0.2) is 0 Å². The highest BCUT2D eigenvalue weighted by Gasteiger charge is 2.15. The molecule has 0 fully saturated rings. The van der Waals surface area contributed by atoms with E-state index in [0.29, 0.717) is 0 Å². The Balaban J connectivity index is 2.36. The molecule has 15 heavy (non-hydrogen) atoms. The number of thiophene rings is 1. The molecule has 2 heterocycles. The number of aryl methyl sites for hydroxylation is 2. The first-order valence-corrected chi connectivity index (χ1v) is 5.66. The van der Waals surface area contributed by atoms with Crippen molar-refractivity contribution in [3.8, 4) is 0 Å². The van der Waals surface area contributed by atoms with Crippen molar-refractivity contribution in [2.75, 3.05) is 0 Å². The molecule has 0 amide bonds. The van der Waals surface area contributed by atoms with Gasteiger partial charge in [0.05, 0.1) is 5.69 Å². The van der Waals surface area contributed by atoms with Crippen LogP contribution in [0.25, 0.3) is 0 Å². The van der Waals surface area contributed by atoms with E-state index in [0.717, 1.165) is 16.1 Å². The molecule has 2 rings (SSSR count). The molecule has 78 valence electrons. The van der Waals surface area contributed by atoms with Crippen molar-refractivity contribution >= 4 is 11.3 Å². The van der Waals surface area contributed by atoms with Crippen molar-refractivity contribution in [2.24, 2.45) is 0 Å². The van der Waals surface area contributed by atoms with E-state index >= 15 is 0 Å². The Morgan fingerprint density at radius 2 is 2.07 bits per heavy atom. The molecule has 0 aliphatic heterocycles. The van der Waals surface area contributed by atoms with Crippen LogP contribution in [0.3, 0.4) is 0 Å². The minimum atomic E-state index is -0.593. The highest BCUT2D eigenvalue weighted by atomic mass is 32.1. The van der Waals surface area contributed by atoms with Gasteiger partial charge in [0.2, 0.25) is 0 Å². The molecule has 1 atom stereocenters. The van der Waals surface area contributed by atoms with Crippen LogP contribution in [-0.2, 0) is 0 Å². The maximum atomic E-state index is 10.1. The topological polar surface area (TPSA) is 33.1 Å². The quantitative estimate of drug-likeness (QED) is 0.842. The first-order valence-electron chi connectivity index (χ1n) is 4.84. The Hall–Kier alpha value is -1.19. The summed E-state index contributed by atoms with van der Waals surface area (Å²) in [6, 6.07) is 7.82. The van der Waals surface area contributed by atoms with Crippen LogP contribution < -0.4 is 0 Å². The molecule has 0 radical (unpaired) electrons. The zero-order chi connectivity index (χ0) is 10.8. The van der Waals surface area contributed by atoms with Gasteiger partial charge in [-0.05, 0) is 37.6 Å². The standard InChI is InChI=1S/C12H13NOS/c1-8-4-3-7-13-11(8)12(14)10-6-5-9(2)15-10/h3-7,12,14H,1-2H3. The van der Waals surface area contributed by atoms with E-state index in [1.165, 1.54) is 4.88 Å². The summed E-state index contributed by atoms with van der Waals surface area (Å²) in [7, 11) is 0. The fourth-order valence-electron chi connectivity index (χ4n) is 1.52. The number of hydrogen-bond acceptors (Lipinski definition) is 3. The predicted octanol–water partition coefficient (Wildman–Crippen LogP) is 2.84. The van der Waals surface area contributed by atoms with E-state index in [4.69, 9.17) is 0 Å². The second-order valence-corrected chi connectivity index (χ2v) is 4.88. The Morgan fingerprint density at radius 1 is 1.27 bits per heavy atom. The molecule has 0 saturated heterocycles. The molecule has 0 bridgehead atoms. The van der Waals surface area contributed by atoms with Crippen LogP contribution >= 0.6 is 11.3 Å². The van der Waals surface area contributed by atoms with Crippen molar-refractivity contribution in [3.05, 3.63) is 51.5 Å². The minimum Gasteiger partial charge on any atom is -0.381 e. The fourth-order valence-corrected chi connectivity index (χ4v) is 2.39. The molecule has 1 unspecified atom stereocenters. The van der Waals surface area contributed by atoms with Gasteiger partial charge in [0.1, 0.15) is 6.10 Å². The summed E-state index contributed by atoms with van der Waals surface area (Å²) in [6.07, 6.45) is 1.12. The molecule has 1 N–H and O–H groups in total. The monoisotopic (exact) mass is 219 g/mol. The van der Waals surface area contributed by atoms with E-state index in [1.807, 2.05) is 38.1 Å². The summed E-state index contributed by atoms with van der Waals surface area (Å²) in [5, 5.41) is 10.1. The van der Waals surface area contributed by atoms with Crippen LogP contribution in [0.15, 0.2) is 30.5 Å². The van der Waals surface area contributed by atoms with Crippen LogP contribution in [0, 0.1) is 13.8 Å². The number of aromatic nitrogens is 1. The summed E-state index contributed by atoms with van der Waals surface area (Å²) in [6.45, 7) is 4.00. The number of aliphatic hydroxyl groups excluding tert-OH is 1. The Bertz CT molecular complexity index is 464. The third kappa shape index (κ3) is 2.08. The molecule has 2 aromatic rings. The van der Waals surface area contributed by atoms with Crippen molar-refractivity contribution in [1.29, 1.82) is 0 Å². The molecule has 3 heteroatoms. The number of hydrogen-bond donors (Lipinski definition) is 1. The maximum Gasteiger partial charge on any atom is 0.130 e. The molecular formula is C12H13NOS. The molecule has 2 aromatic heterocycles. The average molecular weight is 219 g/mol. The van der Waals surface area contributed by atoms with Gasteiger partial charge in [-0.2, -0.15) is 0 Å². The molecule has 0 saturated carbocycles. The van der Waals surface area contributed by atoms with Gasteiger partial charge in [0.15, 0.2) is 0 Å². The normalized spacial score (nSPS) is 12.7. The summed E-state index contributed by atoms with van der Waals surface area (Å²) >= 11 is 1.61. The summed E-state index contributed by atoms with van der Waals surface area (Å²) < 4.78 is 0. The lowest BCUT2D eigenvalue weighted by Gasteiger charge is -2.10. The van der Waals surface area contributed by atoms with Gasteiger partial charge in [0.25, 0.3) is 0 Å².